The summed E-state index contributed by atoms with van der Waals surface area (Å²) in [6.07, 6.45) is 4.69. The van der Waals surface area contributed by atoms with Gasteiger partial charge in [0.15, 0.2) is 5.82 Å². The molecule has 0 spiro atoms. The van der Waals surface area contributed by atoms with E-state index < -0.39 is 0 Å². The number of hydrogen-bond acceptors (Lipinski definition) is 4. The van der Waals surface area contributed by atoms with Crippen LogP contribution in [0.25, 0.3) is 11.5 Å². The summed E-state index contributed by atoms with van der Waals surface area (Å²) in [4.78, 5) is 13.6. The quantitative estimate of drug-likeness (QED) is 0.852. The third kappa shape index (κ3) is 3.43. The average molecular weight is 352 g/mol. The predicted molar refractivity (Wildman–Crippen MR) is 89.5 cm³/mol. The van der Waals surface area contributed by atoms with Crippen LogP contribution in [0.2, 0.25) is 0 Å². The van der Waals surface area contributed by atoms with E-state index in [0.29, 0.717) is 5.92 Å². The topological polar surface area (TPSA) is 55.6 Å². The van der Waals surface area contributed by atoms with Crippen LogP contribution in [0.1, 0.15) is 45.7 Å². The molecule has 2 aromatic heterocycles. The van der Waals surface area contributed by atoms with Crippen molar-refractivity contribution in [1.29, 1.82) is 0 Å². The molecule has 0 atom stereocenters. The average Bonchev–Trinajstić information content (AvgIpc) is 2.94. The Morgan fingerprint density at radius 1 is 1.29 bits per heavy atom. The molecule has 0 aliphatic rings. The number of nitrogens with zero attached hydrogens (tertiary/aromatic N) is 4. The van der Waals surface area contributed by atoms with Crippen molar-refractivity contribution in [2.75, 3.05) is 11.9 Å². The van der Waals surface area contributed by atoms with E-state index >= 15 is 0 Å². The number of imidazole rings is 1. The Kier molecular flexibility index (Phi) is 5.33. The molecule has 6 heteroatoms. The molecule has 0 aliphatic heterocycles. The van der Waals surface area contributed by atoms with Crippen molar-refractivity contribution in [2.24, 2.45) is 0 Å². The molecule has 0 unspecified atom stereocenters. The Hall–Kier alpha value is -1.43. The normalized spacial score (nSPS) is 11.1. The summed E-state index contributed by atoms with van der Waals surface area (Å²) in [7, 11) is 0. The van der Waals surface area contributed by atoms with Crippen molar-refractivity contribution in [3.63, 3.8) is 0 Å². The zero-order valence-corrected chi connectivity index (χ0v) is 14.6. The molecule has 1 N–H and O–H groups in total. The molecule has 21 heavy (non-hydrogen) atoms. The Morgan fingerprint density at radius 3 is 2.67 bits per heavy atom. The summed E-state index contributed by atoms with van der Waals surface area (Å²) in [5.74, 6) is 1.90. The summed E-state index contributed by atoms with van der Waals surface area (Å²) in [6, 6.07) is 0. The van der Waals surface area contributed by atoms with Crippen molar-refractivity contribution in [3.8, 4) is 11.5 Å². The Bertz CT molecular complexity index is 606. The van der Waals surface area contributed by atoms with E-state index in [0.717, 1.165) is 47.0 Å². The van der Waals surface area contributed by atoms with Crippen LogP contribution < -0.4 is 5.32 Å². The van der Waals surface area contributed by atoms with Gasteiger partial charge in [-0.15, -0.1) is 0 Å². The molecule has 0 saturated heterocycles. The largest absolute Gasteiger partial charge is 0.369 e. The van der Waals surface area contributed by atoms with Gasteiger partial charge in [0.25, 0.3) is 0 Å². The highest BCUT2D eigenvalue weighted by Gasteiger charge is 2.17. The first-order chi connectivity index (χ1) is 10.1. The molecule has 0 aromatic carbocycles. The van der Waals surface area contributed by atoms with Gasteiger partial charge in [-0.1, -0.05) is 20.8 Å². The molecule has 5 nitrogen and oxygen atoms in total. The number of anilines is 1. The highest BCUT2D eigenvalue weighted by molar-refractivity contribution is 9.10. The number of aryl methyl sites for hydroxylation is 1. The van der Waals surface area contributed by atoms with Crippen LogP contribution >= 0.6 is 15.9 Å². The summed E-state index contributed by atoms with van der Waals surface area (Å²) in [5, 5.41) is 3.37. The first-order valence-electron chi connectivity index (χ1n) is 7.40. The maximum Gasteiger partial charge on any atom is 0.180 e. The Morgan fingerprint density at radius 2 is 2.05 bits per heavy atom. The standard InChI is InChI=1S/C15H22BrN5/c1-5-7-18-15-12(16)13(10(3)4)19-14(20-15)11-8-17-9-21(11)6-2/h8-10H,5-7H2,1-4H3,(H,18,19,20). The van der Waals surface area contributed by atoms with Gasteiger partial charge < -0.3 is 9.88 Å². The fourth-order valence-corrected chi connectivity index (χ4v) is 2.86. The van der Waals surface area contributed by atoms with Crippen LogP contribution in [-0.2, 0) is 6.54 Å². The summed E-state index contributed by atoms with van der Waals surface area (Å²) < 4.78 is 3.01. The monoisotopic (exact) mass is 351 g/mol. The Labute approximate surface area is 134 Å². The van der Waals surface area contributed by atoms with Crippen molar-refractivity contribution in [3.05, 3.63) is 22.7 Å². The number of nitrogens with one attached hydrogen (secondary N) is 1. The zero-order valence-electron chi connectivity index (χ0n) is 13.0. The molecule has 114 valence electrons. The van der Waals surface area contributed by atoms with Crippen LogP contribution in [0.3, 0.4) is 0 Å². The number of hydrogen-bond donors (Lipinski definition) is 1. The highest BCUT2D eigenvalue weighted by Crippen LogP contribution is 2.31. The van der Waals surface area contributed by atoms with Crippen molar-refractivity contribution in [2.45, 2.75) is 46.6 Å². The fourth-order valence-electron chi connectivity index (χ4n) is 2.08. The third-order valence-electron chi connectivity index (χ3n) is 3.25. The second-order valence-corrected chi connectivity index (χ2v) is 6.03. The summed E-state index contributed by atoms with van der Waals surface area (Å²) in [5.41, 5.74) is 1.97. The molecule has 0 fully saturated rings. The first kappa shape index (κ1) is 15.9. The second kappa shape index (κ2) is 7.02. The minimum absolute atomic E-state index is 0.321. The minimum Gasteiger partial charge on any atom is -0.369 e. The molecule has 0 saturated carbocycles. The fraction of sp³-hybridized carbons (Fsp3) is 0.533. The molecule has 0 aliphatic carbocycles. The van der Waals surface area contributed by atoms with E-state index in [9.17, 15) is 0 Å². The second-order valence-electron chi connectivity index (χ2n) is 5.24. The molecule has 0 bridgehead atoms. The lowest BCUT2D eigenvalue weighted by atomic mass is 10.1. The van der Waals surface area contributed by atoms with E-state index in [-0.39, 0.29) is 0 Å². The van der Waals surface area contributed by atoms with E-state index in [4.69, 9.17) is 4.98 Å². The van der Waals surface area contributed by atoms with Gasteiger partial charge in [-0.3, -0.25) is 0 Å². The van der Waals surface area contributed by atoms with Gasteiger partial charge in [0.2, 0.25) is 0 Å². The van der Waals surface area contributed by atoms with Gasteiger partial charge in [-0.2, -0.15) is 0 Å². The highest BCUT2D eigenvalue weighted by atomic mass is 79.9. The van der Waals surface area contributed by atoms with Crippen LogP contribution in [0.4, 0.5) is 5.82 Å². The lowest BCUT2D eigenvalue weighted by Crippen LogP contribution is -2.09. The van der Waals surface area contributed by atoms with Crippen LogP contribution in [0.15, 0.2) is 17.0 Å². The molecule has 2 heterocycles. The van der Waals surface area contributed by atoms with Gasteiger partial charge in [0.05, 0.1) is 22.7 Å². The molecular formula is C15H22BrN5. The van der Waals surface area contributed by atoms with Crippen molar-refractivity contribution >= 4 is 21.7 Å². The Balaban J connectivity index is 2.53. The molecule has 0 amide bonds. The smallest absolute Gasteiger partial charge is 0.180 e. The van der Waals surface area contributed by atoms with Gasteiger partial charge >= 0.3 is 0 Å². The lowest BCUT2D eigenvalue weighted by Gasteiger charge is -2.15. The molecule has 0 radical (unpaired) electrons. The third-order valence-corrected chi connectivity index (χ3v) is 4.03. The van der Waals surface area contributed by atoms with Crippen LogP contribution in [0, 0.1) is 0 Å². The minimum atomic E-state index is 0.321. The molecule has 2 rings (SSSR count). The maximum absolute atomic E-state index is 4.73. The van der Waals surface area contributed by atoms with E-state index in [1.54, 1.807) is 0 Å². The molecular weight excluding hydrogens is 330 g/mol. The van der Waals surface area contributed by atoms with E-state index in [1.165, 1.54) is 0 Å². The predicted octanol–water partition coefficient (Wildman–Crippen LogP) is 4.07. The van der Waals surface area contributed by atoms with Gasteiger partial charge in [0, 0.05) is 13.1 Å². The van der Waals surface area contributed by atoms with Crippen molar-refractivity contribution in [1.82, 2.24) is 19.5 Å². The SMILES string of the molecule is CCCNc1nc(-c2cncn2CC)nc(C(C)C)c1Br. The van der Waals surface area contributed by atoms with Crippen LogP contribution in [0.5, 0.6) is 0 Å². The summed E-state index contributed by atoms with van der Waals surface area (Å²) >= 11 is 3.64. The molecule has 2 aromatic rings. The number of rotatable bonds is 6. The number of halogens is 1. The summed E-state index contributed by atoms with van der Waals surface area (Å²) in [6.45, 7) is 10.2. The lowest BCUT2D eigenvalue weighted by molar-refractivity contribution is 0.757. The first-order valence-corrected chi connectivity index (χ1v) is 8.19. The van der Waals surface area contributed by atoms with Gasteiger partial charge in [-0.05, 0) is 35.2 Å². The van der Waals surface area contributed by atoms with Gasteiger partial charge in [0.1, 0.15) is 11.5 Å². The maximum atomic E-state index is 4.73. The van der Waals surface area contributed by atoms with Crippen LogP contribution in [-0.4, -0.2) is 26.1 Å². The van der Waals surface area contributed by atoms with E-state index in [2.05, 4.69) is 63.5 Å². The van der Waals surface area contributed by atoms with Crippen molar-refractivity contribution < 1.29 is 0 Å². The van der Waals surface area contributed by atoms with Gasteiger partial charge in [-0.25, -0.2) is 15.0 Å². The number of aromatic nitrogens is 4. The zero-order chi connectivity index (χ0) is 15.4. The van der Waals surface area contributed by atoms with E-state index in [1.807, 2.05) is 12.5 Å².